The topological polar surface area (TPSA) is 65.2 Å². The lowest BCUT2D eigenvalue weighted by atomic mass is 10.0. The highest BCUT2D eigenvalue weighted by Gasteiger charge is 2.34. The first-order valence-corrected chi connectivity index (χ1v) is 13.8. The molecule has 7 nitrogen and oxygen atoms in total. The molecule has 4 heterocycles. The molecule has 2 fully saturated rings. The van der Waals surface area contributed by atoms with E-state index < -0.39 is 11.7 Å². The van der Waals surface area contributed by atoms with E-state index in [9.17, 15) is 18.0 Å². The van der Waals surface area contributed by atoms with Crippen LogP contribution in [0.25, 0.3) is 16.7 Å². The van der Waals surface area contributed by atoms with Crippen LogP contribution < -0.4 is 0 Å². The normalized spacial score (nSPS) is 18.6. The maximum Gasteiger partial charge on any atom is 0.416 e. The van der Waals surface area contributed by atoms with E-state index in [4.69, 9.17) is 4.74 Å². The average molecular weight is 552 g/mol. The fourth-order valence-corrected chi connectivity index (χ4v) is 6.07. The molecule has 6 rings (SSSR count). The molecule has 1 amide bonds. The Balaban J connectivity index is 1.20. The van der Waals surface area contributed by atoms with Gasteiger partial charge in [-0.2, -0.15) is 18.3 Å². The van der Waals surface area contributed by atoms with Gasteiger partial charge in [0, 0.05) is 37.0 Å². The summed E-state index contributed by atoms with van der Waals surface area (Å²) in [6, 6.07) is 13.7. The van der Waals surface area contributed by atoms with E-state index in [2.05, 4.69) is 14.6 Å². The van der Waals surface area contributed by atoms with Crippen molar-refractivity contribution in [3.05, 3.63) is 76.9 Å². The number of likely N-dealkylation sites (tertiary alicyclic amines) is 1. The Bertz CT molecular complexity index is 1530. The number of alkyl halides is 3. The van der Waals surface area contributed by atoms with Crippen molar-refractivity contribution in [1.82, 2.24) is 24.2 Å². The van der Waals surface area contributed by atoms with Crippen LogP contribution in [0.1, 0.15) is 66.2 Å². The van der Waals surface area contributed by atoms with Crippen molar-refractivity contribution in [2.24, 2.45) is 0 Å². The average Bonchev–Trinajstić information content (AvgIpc) is 3.67. The van der Waals surface area contributed by atoms with Crippen LogP contribution in [0.4, 0.5) is 13.2 Å². The lowest BCUT2D eigenvalue weighted by Crippen LogP contribution is -2.40. The van der Waals surface area contributed by atoms with Crippen LogP contribution in [0.2, 0.25) is 0 Å². The highest BCUT2D eigenvalue weighted by atomic mass is 19.4. The number of piperidine rings is 1. The summed E-state index contributed by atoms with van der Waals surface area (Å²) in [5.41, 5.74) is 4.01. The van der Waals surface area contributed by atoms with Crippen LogP contribution in [0, 0.1) is 13.8 Å². The second kappa shape index (κ2) is 10.4. The largest absolute Gasteiger partial charge is 0.416 e. The summed E-state index contributed by atoms with van der Waals surface area (Å²) in [5, 5.41) is 4.68. The number of hydrogen-bond acceptors (Lipinski definition) is 4. The van der Waals surface area contributed by atoms with Crippen molar-refractivity contribution >= 4 is 16.9 Å². The van der Waals surface area contributed by atoms with Gasteiger partial charge in [0.15, 0.2) is 0 Å². The number of fused-ring (bicyclic) bond motifs is 1. The fourth-order valence-electron chi connectivity index (χ4n) is 6.07. The van der Waals surface area contributed by atoms with Gasteiger partial charge in [0.05, 0.1) is 34.4 Å². The molecular formula is C30H32F3N5O2. The Morgan fingerprint density at radius 3 is 2.48 bits per heavy atom. The van der Waals surface area contributed by atoms with E-state index in [0.29, 0.717) is 49.4 Å². The van der Waals surface area contributed by atoms with Gasteiger partial charge in [0.25, 0.3) is 0 Å². The molecule has 2 saturated heterocycles. The maximum atomic E-state index is 13.4. The Morgan fingerprint density at radius 2 is 1.80 bits per heavy atom. The molecule has 0 N–H and O–H groups in total. The molecule has 1 unspecified atom stereocenters. The van der Waals surface area contributed by atoms with Crippen molar-refractivity contribution in [2.45, 2.75) is 64.3 Å². The van der Waals surface area contributed by atoms with Gasteiger partial charge >= 0.3 is 6.18 Å². The zero-order valence-electron chi connectivity index (χ0n) is 22.6. The third-order valence-electron chi connectivity index (χ3n) is 8.21. The maximum absolute atomic E-state index is 13.4. The Labute approximate surface area is 230 Å². The Hall–Kier alpha value is -3.66. The third-order valence-corrected chi connectivity index (χ3v) is 8.21. The molecular weight excluding hydrogens is 519 g/mol. The smallest absolute Gasteiger partial charge is 0.370 e. The minimum Gasteiger partial charge on any atom is -0.370 e. The molecule has 10 heteroatoms. The molecule has 2 aromatic heterocycles. The lowest BCUT2D eigenvalue weighted by Gasteiger charge is -2.34. The van der Waals surface area contributed by atoms with Crippen LogP contribution in [0.3, 0.4) is 0 Å². The predicted molar refractivity (Wildman–Crippen MR) is 144 cm³/mol. The second-order valence-corrected chi connectivity index (χ2v) is 10.7. The van der Waals surface area contributed by atoms with Crippen LogP contribution in [-0.4, -0.2) is 49.8 Å². The van der Waals surface area contributed by atoms with Gasteiger partial charge in [0.1, 0.15) is 11.9 Å². The minimum atomic E-state index is -4.43. The summed E-state index contributed by atoms with van der Waals surface area (Å²) in [6.07, 6.45) is -1.30. The number of aromatic nitrogens is 4. The minimum absolute atomic E-state index is 0.0225. The van der Waals surface area contributed by atoms with Crippen LogP contribution in [0.15, 0.2) is 48.5 Å². The number of amides is 1. The molecule has 0 saturated carbocycles. The molecule has 2 aliphatic heterocycles. The fraction of sp³-hybridized carbons (Fsp3) is 0.433. The number of hydrogen-bond donors (Lipinski definition) is 0. The van der Waals surface area contributed by atoms with Crippen LogP contribution in [0.5, 0.6) is 0 Å². The zero-order chi connectivity index (χ0) is 28.0. The number of nitrogens with zero attached hydrogens (tertiary/aromatic N) is 5. The highest BCUT2D eigenvalue weighted by molar-refractivity contribution is 5.80. The van der Waals surface area contributed by atoms with E-state index in [1.165, 1.54) is 6.07 Å². The van der Waals surface area contributed by atoms with Gasteiger partial charge < -0.3 is 14.2 Å². The number of halogens is 3. The monoisotopic (exact) mass is 551 g/mol. The van der Waals surface area contributed by atoms with Gasteiger partial charge in [-0.25, -0.2) is 9.67 Å². The van der Waals surface area contributed by atoms with Crippen molar-refractivity contribution in [3.8, 4) is 5.69 Å². The van der Waals surface area contributed by atoms with Crippen molar-refractivity contribution in [2.75, 3.05) is 19.7 Å². The van der Waals surface area contributed by atoms with Gasteiger partial charge in [-0.15, -0.1) is 0 Å². The van der Waals surface area contributed by atoms with Gasteiger partial charge in [-0.3, -0.25) is 4.79 Å². The summed E-state index contributed by atoms with van der Waals surface area (Å²) >= 11 is 0. The number of para-hydroxylation sites is 1. The Kier molecular flexibility index (Phi) is 6.90. The van der Waals surface area contributed by atoms with Crippen LogP contribution in [-0.2, 0) is 22.1 Å². The predicted octanol–water partition coefficient (Wildman–Crippen LogP) is 6.12. The van der Waals surface area contributed by atoms with Crippen molar-refractivity contribution in [1.29, 1.82) is 0 Å². The van der Waals surface area contributed by atoms with Crippen molar-refractivity contribution < 1.29 is 22.7 Å². The van der Waals surface area contributed by atoms with E-state index in [1.54, 1.807) is 0 Å². The summed E-state index contributed by atoms with van der Waals surface area (Å²) in [7, 11) is 0. The second-order valence-electron chi connectivity index (χ2n) is 10.7. The molecule has 0 radical (unpaired) electrons. The number of ether oxygens (including phenoxy) is 1. The SMILES string of the molecule is Cc1nn(-c2ccccc2)c(C)c1CC(=O)N1CCC(n2c(C3CCCO3)nc3cc(C(F)(F)F)ccc32)CC1. The van der Waals surface area contributed by atoms with E-state index in [-0.39, 0.29) is 24.5 Å². The van der Waals surface area contributed by atoms with Gasteiger partial charge in [0.2, 0.25) is 5.91 Å². The van der Waals surface area contributed by atoms with E-state index >= 15 is 0 Å². The molecule has 40 heavy (non-hydrogen) atoms. The quantitative estimate of drug-likeness (QED) is 0.300. The zero-order valence-corrected chi connectivity index (χ0v) is 22.6. The first kappa shape index (κ1) is 26.6. The first-order chi connectivity index (χ1) is 19.2. The molecule has 0 aliphatic carbocycles. The standard InChI is InChI=1S/C30H32F3N5O2/c1-19-24(20(2)38(35-19)23-7-4-3-5-8-23)18-28(39)36-14-12-22(13-15-36)37-26-11-10-21(30(31,32)33)17-25(26)34-29(37)27-9-6-16-40-27/h3-5,7-8,10-11,17,22,27H,6,9,12-16,18H2,1-2H3. The molecule has 0 bridgehead atoms. The number of carbonyl (C=O) groups excluding carboxylic acids is 1. The first-order valence-electron chi connectivity index (χ1n) is 13.8. The molecule has 1 atom stereocenters. The lowest BCUT2D eigenvalue weighted by molar-refractivity contribution is -0.137. The number of imidazole rings is 1. The number of benzene rings is 2. The van der Waals surface area contributed by atoms with Gasteiger partial charge in [-0.1, -0.05) is 18.2 Å². The summed E-state index contributed by atoms with van der Waals surface area (Å²) in [5.74, 6) is 0.748. The Morgan fingerprint density at radius 1 is 1.05 bits per heavy atom. The number of carbonyl (C=O) groups is 1. The third kappa shape index (κ3) is 4.89. The number of rotatable bonds is 5. The summed E-state index contributed by atoms with van der Waals surface area (Å²) in [6.45, 7) is 5.68. The summed E-state index contributed by atoms with van der Waals surface area (Å²) < 4.78 is 50.0. The number of aryl methyl sites for hydroxylation is 1. The molecule has 2 aromatic carbocycles. The van der Waals surface area contributed by atoms with E-state index in [0.717, 1.165) is 47.6 Å². The molecule has 210 valence electrons. The van der Waals surface area contributed by atoms with Crippen molar-refractivity contribution in [3.63, 3.8) is 0 Å². The molecule has 0 spiro atoms. The van der Waals surface area contributed by atoms with Gasteiger partial charge in [-0.05, 0) is 69.9 Å². The van der Waals surface area contributed by atoms with Crippen LogP contribution >= 0.6 is 0 Å². The summed E-state index contributed by atoms with van der Waals surface area (Å²) in [4.78, 5) is 19.9. The molecule has 4 aromatic rings. The van der Waals surface area contributed by atoms with E-state index in [1.807, 2.05) is 53.8 Å². The molecule has 2 aliphatic rings. The highest BCUT2D eigenvalue weighted by Crippen LogP contribution is 2.38.